The summed E-state index contributed by atoms with van der Waals surface area (Å²) in [7, 11) is 1.81. The highest BCUT2D eigenvalue weighted by Crippen LogP contribution is 2.28. The van der Waals surface area contributed by atoms with Gasteiger partial charge in [-0.2, -0.15) is 0 Å². The van der Waals surface area contributed by atoms with Crippen molar-refractivity contribution in [3.05, 3.63) is 29.8 Å². The number of nitrogens with one attached hydrogen (secondary N) is 2. The van der Waals surface area contributed by atoms with Crippen LogP contribution in [0.3, 0.4) is 0 Å². The van der Waals surface area contributed by atoms with E-state index in [1.54, 1.807) is 0 Å². The predicted octanol–water partition coefficient (Wildman–Crippen LogP) is 2.00. The van der Waals surface area contributed by atoms with Gasteiger partial charge < -0.3 is 25.0 Å². The van der Waals surface area contributed by atoms with Gasteiger partial charge >= 0.3 is 0 Å². The lowest BCUT2D eigenvalue weighted by molar-refractivity contribution is 0.122. The molecule has 0 amide bonds. The predicted molar refractivity (Wildman–Crippen MR) is 106 cm³/mol. The maximum atomic E-state index is 5.67. The fourth-order valence-electron chi connectivity index (χ4n) is 3.09. The molecule has 26 heavy (non-hydrogen) atoms. The number of aliphatic imine (C=N–C) groups is 1. The topological polar surface area (TPSA) is 58.1 Å². The van der Waals surface area contributed by atoms with Crippen molar-refractivity contribution in [2.45, 2.75) is 25.8 Å². The van der Waals surface area contributed by atoms with Crippen LogP contribution in [-0.2, 0) is 16.0 Å². The van der Waals surface area contributed by atoms with Gasteiger partial charge in [0.2, 0.25) is 0 Å². The lowest BCUT2D eigenvalue weighted by Crippen LogP contribution is -2.39. The molecule has 6 nitrogen and oxygen atoms in total. The number of para-hydroxylation sites is 1. The van der Waals surface area contributed by atoms with E-state index in [2.05, 4.69) is 44.8 Å². The van der Waals surface area contributed by atoms with Crippen molar-refractivity contribution < 1.29 is 9.47 Å². The van der Waals surface area contributed by atoms with Gasteiger partial charge in [-0.05, 0) is 36.8 Å². The van der Waals surface area contributed by atoms with Crippen molar-refractivity contribution in [3.63, 3.8) is 0 Å². The minimum absolute atomic E-state index is 0.755. The summed E-state index contributed by atoms with van der Waals surface area (Å²) in [6.45, 7) is 6.88. The molecule has 6 heteroatoms. The third-order valence-electron chi connectivity index (χ3n) is 4.82. The van der Waals surface area contributed by atoms with Crippen molar-refractivity contribution in [3.8, 4) is 0 Å². The highest BCUT2D eigenvalue weighted by molar-refractivity contribution is 5.79. The van der Waals surface area contributed by atoms with Crippen molar-refractivity contribution in [1.29, 1.82) is 0 Å². The highest BCUT2D eigenvalue weighted by Gasteiger charge is 2.20. The molecular weight excluding hydrogens is 328 g/mol. The molecule has 2 N–H and O–H groups in total. The van der Waals surface area contributed by atoms with Crippen LogP contribution in [0.15, 0.2) is 29.3 Å². The number of rotatable bonds is 9. The number of morpholine rings is 1. The molecule has 1 aliphatic carbocycles. The van der Waals surface area contributed by atoms with Crippen LogP contribution in [0.4, 0.5) is 5.69 Å². The fourth-order valence-corrected chi connectivity index (χ4v) is 3.09. The van der Waals surface area contributed by atoms with E-state index in [9.17, 15) is 0 Å². The van der Waals surface area contributed by atoms with E-state index in [4.69, 9.17) is 9.47 Å². The first kappa shape index (κ1) is 19.0. The standard InChI is InChI=1S/C20H32N4O2/c1-21-20(22-9-4-12-26-16-17-7-8-17)23-15-18-5-2-3-6-19(18)24-10-13-25-14-11-24/h2-3,5-6,17H,4,7-16H2,1H3,(H2,21,22,23). The number of anilines is 1. The maximum Gasteiger partial charge on any atom is 0.191 e. The molecule has 0 spiro atoms. The number of nitrogens with zero attached hydrogens (tertiary/aromatic N) is 2. The van der Waals surface area contributed by atoms with Crippen LogP contribution in [-0.4, -0.2) is 59.1 Å². The Bertz CT molecular complexity index is 569. The molecule has 1 saturated carbocycles. The molecule has 3 rings (SSSR count). The summed E-state index contributed by atoms with van der Waals surface area (Å²) in [5.41, 5.74) is 2.57. The van der Waals surface area contributed by atoms with E-state index in [-0.39, 0.29) is 0 Å². The smallest absolute Gasteiger partial charge is 0.191 e. The summed E-state index contributed by atoms with van der Waals surface area (Å²) in [6.07, 6.45) is 3.69. The van der Waals surface area contributed by atoms with Gasteiger partial charge in [0, 0.05) is 52.1 Å². The lowest BCUT2D eigenvalue weighted by Gasteiger charge is -2.30. The number of hydrogen-bond acceptors (Lipinski definition) is 4. The second kappa shape index (κ2) is 10.4. The molecule has 2 fully saturated rings. The van der Waals surface area contributed by atoms with E-state index < -0.39 is 0 Å². The molecule has 1 aliphatic heterocycles. The first-order valence-corrected chi connectivity index (χ1v) is 9.79. The third kappa shape index (κ3) is 6.18. The number of guanidine groups is 1. The minimum Gasteiger partial charge on any atom is -0.381 e. The Morgan fingerprint density at radius 1 is 1.23 bits per heavy atom. The van der Waals surface area contributed by atoms with Crippen molar-refractivity contribution in [1.82, 2.24) is 10.6 Å². The van der Waals surface area contributed by atoms with Crippen molar-refractivity contribution in [2.24, 2.45) is 10.9 Å². The van der Waals surface area contributed by atoms with Gasteiger partial charge in [-0.3, -0.25) is 4.99 Å². The first-order valence-electron chi connectivity index (χ1n) is 9.79. The molecule has 1 aromatic rings. The van der Waals surface area contributed by atoms with Gasteiger partial charge in [0.1, 0.15) is 0 Å². The Hall–Kier alpha value is -1.79. The Morgan fingerprint density at radius 3 is 2.81 bits per heavy atom. The average molecular weight is 361 g/mol. The van der Waals surface area contributed by atoms with Gasteiger partial charge in [-0.25, -0.2) is 0 Å². The van der Waals surface area contributed by atoms with Crippen LogP contribution in [0.2, 0.25) is 0 Å². The SMILES string of the molecule is CN=C(NCCCOCC1CC1)NCc1ccccc1N1CCOCC1. The molecule has 0 unspecified atom stereocenters. The molecule has 0 atom stereocenters. The second-order valence-corrected chi connectivity index (χ2v) is 6.95. The Kier molecular flexibility index (Phi) is 7.58. The molecule has 0 bridgehead atoms. The second-order valence-electron chi connectivity index (χ2n) is 6.95. The normalized spacial score (nSPS) is 18.0. The monoisotopic (exact) mass is 360 g/mol. The quantitative estimate of drug-likeness (QED) is 0.401. The molecular formula is C20H32N4O2. The Labute approximate surface area is 157 Å². The van der Waals surface area contributed by atoms with Crippen molar-refractivity contribution in [2.75, 3.05) is 58.0 Å². The summed E-state index contributed by atoms with van der Waals surface area (Å²) < 4.78 is 11.1. The zero-order valence-corrected chi connectivity index (χ0v) is 15.9. The molecule has 144 valence electrons. The Morgan fingerprint density at radius 2 is 2.04 bits per heavy atom. The first-order chi connectivity index (χ1) is 12.9. The number of hydrogen-bond donors (Lipinski definition) is 2. The fraction of sp³-hybridized carbons (Fsp3) is 0.650. The van der Waals surface area contributed by atoms with E-state index in [1.807, 2.05) is 7.05 Å². The van der Waals surface area contributed by atoms with Crippen LogP contribution in [0.25, 0.3) is 0 Å². The van der Waals surface area contributed by atoms with Gasteiger partial charge in [0.25, 0.3) is 0 Å². The average Bonchev–Trinajstić information content (AvgIpc) is 3.52. The van der Waals surface area contributed by atoms with Crippen LogP contribution in [0.5, 0.6) is 0 Å². The summed E-state index contributed by atoms with van der Waals surface area (Å²) in [4.78, 5) is 6.72. The van der Waals surface area contributed by atoms with E-state index >= 15 is 0 Å². The minimum atomic E-state index is 0.755. The van der Waals surface area contributed by atoms with Crippen molar-refractivity contribution >= 4 is 11.6 Å². The van der Waals surface area contributed by atoms with E-state index in [0.29, 0.717) is 0 Å². The molecule has 0 radical (unpaired) electrons. The molecule has 2 aliphatic rings. The van der Waals surface area contributed by atoms with Gasteiger partial charge in [-0.15, -0.1) is 0 Å². The molecule has 1 aromatic carbocycles. The number of benzene rings is 1. The van der Waals surface area contributed by atoms with Crippen LogP contribution < -0.4 is 15.5 Å². The molecule has 1 heterocycles. The third-order valence-corrected chi connectivity index (χ3v) is 4.82. The van der Waals surface area contributed by atoms with Crippen LogP contribution in [0, 0.1) is 5.92 Å². The number of ether oxygens (including phenoxy) is 2. The van der Waals surface area contributed by atoms with Gasteiger partial charge in [0.15, 0.2) is 5.96 Å². The maximum absolute atomic E-state index is 5.67. The molecule has 1 saturated heterocycles. The zero-order chi connectivity index (χ0) is 18.0. The van der Waals surface area contributed by atoms with Gasteiger partial charge in [0.05, 0.1) is 13.2 Å². The zero-order valence-electron chi connectivity index (χ0n) is 15.9. The van der Waals surface area contributed by atoms with Gasteiger partial charge in [-0.1, -0.05) is 18.2 Å². The lowest BCUT2D eigenvalue weighted by atomic mass is 10.1. The summed E-state index contributed by atoms with van der Waals surface area (Å²) >= 11 is 0. The highest BCUT2D eigenvalue weighted by atomic mass is 16.5. The molecule has 0 aromatic heterocycles. The largest absolute Gasteiger partial charge is 0.381 e. The summed E-state index contributed by atoms with van der Waals surface area (Å²) in [5, 5.41) is 6.79. The Balaban J connectivity index is 1.40. The van der Waals surface area contributed by atoms with E-state index in [1.165, 1.54) is 24.1 Å². The summed E-state index contributed by atoms with van der Waals surface area (Å²) in [6, 6.07) is 8.56. The van der Waals surface area contributed by atoms with Crippen LogP contribution >= 0.6 is 0 Å². The summed E-state index contributed by atoms with van der Waals surface area (Å²) in [5.74, 6) is 1.67. The van der Waals surface area contributed by atoms with Crippen LogP contribution in [0.1, 0.15) is 24.8 Å². The van der Waals surface area contributed by atoms with E-state index in [0.717, 1.165) is 70.9 Å².